The first-order valence-corrected chi connectivity index (χ1v) is 8.61. The van der Waals surface area contributed by atoms with Crippen molar-refractivity contribution in [2.24, 2.45) is 5.92 Å². The lowest BCUT2D eigenvalue weighted by molar-refractivity contribution is 0.0495. The van der Waals surface area contributed by atoms with E-state index in [1.807, 2.05) is 35.9 Å². The maximum Gasteiger partial charge on any atom is 0.137 e. The van der Waals surface area contributed by atoms with Crippen LogP contribution >= 0.6 is 0 Å². The molecule has 0 aliphatic carbocycles. The molecule has 2 atom stereocenters. The summed E-state index contributed by atoms with van der Waals surface area (Å²) in [6, 6.07) is 7.91. The Bertz CT molecular complexity index is 600. The molecule has 1 saturated heterocycles. The SMILES string of the molecule is Cc1ccc(OCC(O)CN2CCCC(Cn3cncn3)C2)cc1. The van der Waals surface area contributed by atoms with Crippen LogP contribution in [0.4, 0.5) is 0 Å². The molecule has 3 rings (SSSR count). The third-order valence-electron chi connectivity index (χ3n) is 4.45. The molecule has 0 radical (unpaired) electrons. The first-order chi connectivity index (χ1) is 11.7. The number of piperidine rings is 1. The van der Waals surface area contributed by atoms with Crippen LogP contribution in [0.3, 0.4) is 0 Å². The van der Waals surface area contributed by atoms with E-state index in [1.165, 1.54) is 12.0 Å². The Balaban J connectivity index is 1.41. The first-order valence-electron chi connectivity index (χ1n) is 8.61. The van der Waals surface area contributed by atoms with E-state index in [1.54, 1.807) is 12.7 Å². The van der Waals surface area contributed by atoms with Crippen molar-refractivity contribution in [2.45, 2.75) is 32.4 Å². The van der Waals surface area contributed by atoms with Gasteiger partial charge in [-0.2, -0.15) is 5.10 Å². The Morgan fingerprint density at radius 3 is 2.92 bits per heavy atom. The van der Waals surface area contributed by atoms with Crippen molar-refractivity contribution in [1.29, 1.82) is 0 Å². The summed E-state index contributed by atoms with van der Waals surface area (Å²) in [5, 5.41) is 14.4. The molecular weight excluding hydrogens is 304 g/mol. The van der Waals surface area contributed by atoms with Crippen molar-refractivity contribution in [1.82, 2.24) is 19.7 Å². The van der Waals surface area contributed by atoms with Gasteiger partial charge >= 0.3 is 0 Å². The minimum absolute atomic E-state index is 0.327. The molecule has 24 heavy (non-hydrogen) atoms. The number of aromatic nitrogens is 3. The van der Waals surface area contributed by atoms with E-state index in [4.69, 9.17) is 4.74 Å². The molecule has 1 aromatic heterocycles. The normalized spacial score (nSPS) is 20.0. The number of β-amino-alcohol motifs (C(OH)–C–C–N with tert-alkyl or cyclic N) is 1. The van der Waals surface area contributed by atoms with E-state index in [2.05, 4.69) is 15.0 Å². The number of likely N-dealkylation sites (tertiary alicyclic amines) is 1. The molecule has 0 spiro atoms. The number of hydrogen-bond acceptors (Lipinski definition) is 5. The van der Waals surface area contributed by atoms with Crippen LogP contribution in [0, 0.1) is 12.8 Å². The van der Waals surface area contributed by atoms with Crippen LogP contribution in [-0.4, -0.2) is 57.1 Å². The van der Waals surface area contributed by atoms with Crippen LogP contribution < -0.4 is 4.74 Å². The number of aliphatic hydroxyl groups is 1. The summed E-state index contributed by atoms with van der Waals surface area (Å²) in [6.07, 6.45) is 5.23. The number of aliphatic hydroxyl groups excluding tert-OH is 1. The van der Waals surface area contributed by atoms with E-state index >= 15 is 0 Å². The van der Waals surface area contributed by atoms with Gasteiger partial charge in [0.15, 0.2) is 0 Å². The molecule has 2 aromatic rings. The van der Waals surface area contributed by atoms with Crippen molar-refractivity contribution < 1.29 is 9.84 Å². The predicted octanol–water partition coefficient (Wildman–Crippen LogP) is 1.74. The fraction of sp³-hybridized carbons (Fsp3) is 0.556. The lowest BCUT2D eigenvalue weighted by Crippen LogP contribution is -2.42. The smallest absolute Gasteiger partial charge is 0.137 e. The second-order valence-electron chi connectivity index (χ2n) is 6.66. The molecule has 6 heteroatoms. The average Bonchev–Trinajstić information content (AvgIpc) is 3.08. The zero-order valence-electron chi connectivity index (χ0n) is 14.2. The quantitative estimate of drug-likeness (QED) is 0.838. The van der Waals surface area contributed by atoms with Gasteiger partial charge in [0, 0.05) is 19.6 Å². The van der Waals surface area contributed by atoms with Crippen LogP contribution in [-0.2, 0) is 6.54 Å². The maximum absolute atomic E-state index is 10.3. The van der Waals surface area contributed by atoms with Gasteiger partial charge in [-0.1, -0.05) is 17.7 Å². The van der Waals surface area contributed by atoms with Gasteiger partial charge < -0.3 is 14.7 Å². The summed E-state index contributed by atoms with van der Waals surface area (Å²) in [5.74, 6) is 1.37. The highest BCUT2D eigenvalue weighted by atomic mass is 16.5. The minimum atomic E-state index is -0.476. The fourth-order valence-corrected chi connectivity index (χ4v) is 3.24. The molecule has 2 heterocycles. The van der Waals surface area contributed by atoms with Crippen LogP contribution in [0.1, 0.15) is 18.4 Å². The highest BCUT2D eigenvalue weighted by molar-refractivity contribution is 5.26. The molecule has 0 saturated carbocycles. The standard InChI is InChI=1S/C18H26N4O2/c1-15-4-6-18(7-5-15)24-12-17(23)11-21-8-2-3-16(9-21)10-22-14-19-13-20-22/h4-7,13-14,16-17,23H,2-3,8-12H2,1H3. The van der Waals surface area contributed by atoms with Crippen molar-refractivity contribution in [3.05, 3.63) is 42.5 Å². The molecule has 1 fully saturated rings. The molecule has 1 aliphatic rings. The number of hydrogen-bond donors (Lipinski definition) is 1. The Morgan fingerprint density at radius 1 is 1.33 bits per heavy atom. The number of benzene rings is 1. The summed E-state index contributed by atoms with van der Waals surface area (Å²) in [4.78, 5) is 6.32. The van der Waals surface area contributed by atoms with Gasteiger partial charge in [0.05, 0.1) is 0 Å². The molecule has 130 valence electrons. The van der Waals surface area contributed by atoms with Gasteiger partial charge in [-0.25, -0.2) is 4.98 Å². The van der Waals surface area contributed by atoms with E-state index in [9.17, 15) is 5.11 Å². The van der Waals surface area contributed by atoms with Gasteiger partial charge in [0.1, 0.15) is 31.1 Å². The van der Waals surface area contributed by atoms with Crippen molar-refractivity contribution in [3.8, 4) is 5.75 Å². The van der Waals surface area contributed by atoms with Crippen LogP contribution in [0.25, 0.3) is 0 Å². The van der Waals surface area contributed by atoms with Gasteiger partial charge in [-0.3, -0.25) is 4.68 Å². The van der Waals surface area contributed by atoms with Gasteiger partial charge in [-0.15, -0.1) is 0 Å². The molecule has 6 nitrogen and oxygen atoms in total. The topological polar surface area (TPSA) is 63.4 Å². The zero-order valence-corrected chi connectivity index (χ0v) is 14.2. The number of rotatable bonds is 7. The summed E-state index contributed by atoms with van der Waals surface area (Å²) >= 11 is 0. The molecule has 0 amide bonds. The molecule has 1 aromatic carbocycles. The summed E-state index contributed by atoms with van der Waals surface area (Å²) in [6.45, 7) is 5.95. The van der Waals surface area contributed by atoms with E-state index in [0.29, 0.717) is 19.1 Å². The van der Waals surface area contributed by atoms with Gasteiger partial charge in [-0.05, 0) is 44.4 Å². The summed E-state index contributed by atoms with van der Waals surface area (Å²) in [7, 11) is 0. The third-order valence-corrected chi connectivity index (χ3v) is 4.45. The monoisotopic (exact) mass is 330 g/mol. The first kappa shape index (κ1) is 16.9. The van der Waals surface area contributed by atoms with Crippen LogP contribution in [0.15, 0.2) is 36.9 Å². The third kappa shape index (κ3) is 5.04. The van der Waals surface area contributed by atoms with E-state index in [0.717, 1.165) is 31.8 Å². The van der Waals surface area contributed by atoms with Crippen molar-refractivity contribution in [3.63, 3.8) is 0 Å². The largest absolute Gasteiger partial charge is 0.491 e. The Kier molecular flexibility index (Phi) is 5.82. The second-order valence-corrected chi connectivity index (χ2v) is 6.66. The molecule has 2 unspecified atom stereocenters. The predicted molar refractivity (Wildman–Crippen MR) is 91.9 cm³/mol. The van der Waals surface area contributed by atoms with Crippen LogP contribution in [0.5, 0.6) is 5.75 Å². The summed E-state index contributed by atoms with van der Waals surface area (Å²) < 4.78 is 7.57. The minimum Gasteiger partial charge on any atom is -0.491 e. The second kappa shape index (κ2) is 8.26. The van der Waals surface area contributed by atoms with Gasteiger partial charge in [0.2, 0.25) is 0 Å². The average molecular weight is 330 g/mol. The molecule has 0 bridgehead atoms. The lowest BCUT2D eigenvalue weighted by Gasteiger charge is -2.33. The fourth-order valence-electron chi connectivity index (χ4n) is 3.24. The highest BCUT2D eigenvalue weighted by Gasteiger charge is 2.22. The Hall–Kier alpha value is -1.92. The number of aryl methyl sites for hydroxylation is 1. The van der Waals surface area contributed by atoms with Crippen molar-refractivity contribution in [2.75, 3.05) is 26.2 Å². The van der Waals surface area contributed by atoms with E-state index in [-0.39, 0.29) is 0 Å². The maximum atomic E-state index is 10.3. The number of nitrogens with zero attached hydrogens (tertiary/aromatic N) is 4. The van der Waals surface area contributed by atoms with Crippen molar-refractivity contribution >= 4 is 0 Å². The van der Waals surface area contributed by atoms with Gasteiger partial charge in [0.25, 0.3) is 0 Å². The molecule has 1 N–H and O–H groups in total. The lowest BCUT2D eigenvalue weighted by atomic mass is 9.98. The highest BCUT2D eigenvalue weighted by Crippen LogP contribution is 2.18. The molecule has 1 aliphatic heterocycles. The molecular formula is C18H26N4O2. The Labute approximate surface area is 143 Å². The zero-order chi connectivity index (χ0) is 16.8. The number of ether oxygens (including phenoxy) is 1. The summed E-state index contributed by atoms with van der Waals surface area (Å²) in [5.41, 5.74) is 1.20. The van der Waals surface area contributed by atoms with Crippen LogP contribution in [0.2, 0.25) is 0 Å². The Morgan fingerprint density at radius 2 is 2.17 bits per heavy atom. The van der Waals surface area contributed by atoms with E-state index < -0.39 is 6.10 Å².